The van der Waals surface area contributed by atoms with Gasteiger partial charge in [-0.25, -0.2) is 4.79 Å². The number of para-hydroxylation sites is 2. The molecule has 1 aromatic rings. The van der Waals surface area contributed by atoms with Gasteiger partial charge in [-0.3, -0.25) is 4.90 Å². The van der Waals surface area contributed by atoms with E-state index in [0.29, 0.717) is 12.2 Å². The van der Waals surface area contributed by atoms with E-state index in [1.807, 2.05) is 43.0 Å². The monoisotopic (exact) mass is 219 g/mol. The highest BCUT2D eigenvalue weighted by Crippen LogP contribution is 2.26. The first-order chi connectivity index (χ1) is 7.61. The summed E-state index contributed by atoms with van der Waals surface area (Å²) in [5, 5.41) is 0. The van der Waals surface area contributed by atoms with Crippen molar-refractivity contribution in [2.24, 2.45) is 0 Å². The summed E-state index contributed by atoms with van der Waals surface area (Å²) in [4.78, 5) is 15.7. The average Bonchev–Trinajstić information content (AvgIpc) is 2.61. The van der Waals surface area contributed by atoms with Crippen molar-refractivity contribution in [2.75, 3.05) is 23.7 Å². The molecule has 0 bridgehead atoms. The van der Waals surface area contributed by atoms with Gasteiger partial charge in [0.2, 0.25) is 0 Å². The minimum absolute atomic E-state index is 0.0490. The Bertz CT molecular complexity index is 403. The molecule has 1 saturated heterocycles. The molecule has 2 N–H and O–H groups in total. The molecule has 2 rings (SSSR count). The molecule has 2 amide bonds. The molecule has 4 heteroatoms. The van der Waals surface area contributed by atoms with Crippen LogP contribution in [0.5, 0.6) is 0 Å². The molecule has 1 heterocycles. The van der Waals surface area contributed by atoms with Crippen LogP contribution >= 0.6 is 0 Å². The smallest absolute Gasteiger partial charge is 0.324 e. The number of nitrogens with two attached hydrogens (primary N) is 1. The second-order valence-electron chi connectivity index (χ2n) is 4.28. The molecular weight excluding hydrogens is 202 g/mol. The topological polar surface area (TPSA) is 49.6 Å². The molecular formula is C12H17N3O. The fourth-order valence-electron chi connectivity index (χ4n) is 1.99. The van der Waals surface area contributed by atoms with Crippen LogP contribution in [0, 0.1) is 0 Å². The highest BCUT2D eigenvalue weighted by Gasteiger charge is 2.31. The number of urea groups is 1. The van der Waals surface area contributed by atoms with Crippen LogP contribution in [0.3, 0.4) is 0 Å². The third kappa shape index (κ3) is 1.71. The van der Waals surface area contributed by atoms with E-state index < -0.39 is 0 Å². The van der Waals surface area contributed by atoms with Crippen molar-refractivity contribution in [3.63, 3.8) is 0 Å². The van der Waals surface area contributed by atoms with E-state index in [1.165, 1.54) is 0 Å². The van der Waals surface area contributed by atoms with Crippen molar-refractivity contribution in [1.82, 2.24) is 4.90 Å². The summed E-state index contributed by atoms with van der Waals surface area (Å²) in [6, 6.07) is 7.77. The molecule has 1 aliphatic rings. The summed E-state index contributed by atoms with van der Waals surface area (Å²) in [7, 11) is 0. The van der Waals surface area contributed by atoms with Crippen molar-refractivity contribution in [2.45, 2.75) is 19.9 Å². The van der Waals surface area contributed by atoms with Crippen LogP contribution in [0.1, 0.15) is 13.8 Å². The van der Waals surface area contributed by atoms with Gasteiger partial charge in [-0.05, 0) is 26.0 Å². The minimum Gasteiger partial charge on any atom is -0.397 e. The molecule has 0 unspecified atom stereocenters. The van der Waals surface area contributed by atoms with Crippen LogP contribution in [-0.2, 0) is 0 Å². The Morgan fingerprint density at radius 3 is 2.50 bits per heavy atom. The number of hydrogen-bond acceptors (Lipinski definition) is 2. The van der Waals surface area contributed by atoms with Crippen LogP contribution in [0.15, 0.2) is 24.3 Å². The predicted octanol–water partition coefficient (Wildman–Crippen LogP) is 1.92. The molecule has 0 aromatic heterocycles. The number of carbonyl (C=O) groups excluding carboxylic acids is 1. The second kappa shape index (κ2) is 4.04. The van der Waals surface area contributed by atoms with Crippen LogP contribution in [-0.4, -0.2) is 30.1 Å². The van der Waals surface area contributed by atoms with Gasteiger partial charge in [0, 0.05) is 19.1 Å². The quantitative estimate of drug-likeness (QED) is 0.772. The van der Waals surface area contributed by atoms with E-state index in [1.54, 1.807) is 4.90 Å². The van der Waals surface area contributed by atoms with Crippen molar-refractivity contribution < 1.29 is 4.79 Å². The highest BCUT2D eigenvalue weighted by molar-refractivity contribution is 5.97. The zero-order valence-electron chi connectivity index (χ0n) is 9.68. The van der Waals surface area contributed by atoms with Crippen LogP contribution in [0.4, 0.5) is 16.2 Å². The lowest BCUT2D eigenvalue weighted by Crippen LogP contribution is -2.36. The molecule has 0 radical (unpaired) electrons. The number of amides is 2. The van der Waals surface area contributed by atoms with Crippen LogP contribution < -0.4 is 10.6 Å². The maximum Gasteiger partial charge on any atom is 0.324 e. The highest BCUT2D eigenvalue weighted by atomic mass is 16.2. The zero-order chi connectivity index (χ0) is 11.7. The molecule has 0 saturated carbocycles. The first kappa shape index (κ1) is 10.8. The first-order valence-electron chi connectivity index (χ1n) is 5.54. The molecule has 1 fully saturated rings. The molecule has 4 nitrogen and oxygen atoms in total. The Labute approximate surface area is 95.6 Å². The molecule has 86 valence electrons. The van der Waals surface area contributed by atoms with Crippen molar-refractivity contribution in [1.29, 1.82) is 0 Å². The van der Waals surface area contributed by atoms with Crippen LogP contribution in [0.2, 0.25) is 0 Å². The summed E-state index contributed by atoms with van der Waals surface area (Å²) < 4.78 is 0. The van der Waals surface area contributed by atoms with Crippen molar-refractivity contribution in [3.8, 4) is 0 Å². The van der Waals surface area contributed by atoms with Gasteiger partial charge in [0.1, 0.15) is 0 Å². The van der Waals surface area contributed by atoms with Crippen LogP contribution in [0.25, 0.3) is 0 Å². The summed E-state index contributed by atoms with van der Waals surface area (Å²) >= 11 is 0. The third-order valence-electron chi connectivity index (χ3n) is 2.89. The lowest BCUT2D eigenvalue weighted by Gasteiger charge is -2.22. The van der Waals surface area contributed by atoms with Gasteiger partial charge in [-0.15, -0.1) is 0 Å². The molecule has 0 atom stereocenters. The van der Waals surface area contributed by atoms with Gasteiger partial charge >= 0.3 is 6.03 Å². The van der Waals surface area contributed by atoms with Gasteiger partial charge in [-0.1, -0.05) is 12.1 Å². The van der Waals surface area contributed by atoms with Gasteiger partial charge in [-0.2, -0.15) is 0 Å². The third-order valence-corrected chi connectivity index (χ3v) is 2.89. The van der Waals surface area contributed by atoms with Gasteiger partial charge < -0.3 is 10.6 Å². The maximum absolute atomic E-state index is 12.1. The Morgan fingerprint density at radius 2 is 1.94 bits per heavy atom. The molecule has 1 aliphatic heterocycles. The van der Waals surface area contributed by atoms with Crippen molar-refractivity contribution >= 4 is 17.4 Å². The average molecular weight is 219 g/mol. The SMILES string of the molecule is CC(C)N1CCN(c2ccccc2N)C1=O. The number of rotatable bonds is 2. The fraction of sp³-hybridized carbons (Fsp3) is 0.417. The molecule has 0 spiro atoms. The van der Waals surface area contributed by atoms with Gasteiger partial charge in [0.25, 0.3) is 0 Å². The summed E-state index contributed by atoms with van der Waals surface area (Å²) in [6.07, 6.45) is 0. The fourth-order valence-corrected chi connectivity index (χ4v) is 1.99. The minimum atomic E-state index is 0.0490. The van der Waals surface area contributed by atoms with E-state index in [9.17, 15) is 4.79 Å². The number of carbonyl (C=O) groups is 1. The first-order valence-corrected chi connectivity index (χ1v) is 5.54. The molecule has 0 aliphatic carbocycles. The number of anilines is 2. The van der Waals surface area contributed by atoms with Crippen molar-refractivity contribution in [3.05, 3.63) is 24.3 Å². The van der Waals surface area contributed by atoms with E-state index in [2.05, 4.69) is 0 Å². The normalized spacial score (nSPS) is 16.3. The lowest BCUT2D eigenvalue weighted by molar-refractivity contribution is 0.209. The number of nitrogens with zero attached hydrogens (tertiary/aromatic N) is 2. The van der Waals surface area contributed by atoms with E-state index in [-0.39, 0.29) is 12.1 Å². The Kier molecular flexibility index (Phi) is 2.73. The van der Waals surface area contributed by atoms with E-state index in [4.69, 9.17) is 5.73 Å². The Morgan fingerprint density at radius 1 is 1.25 bits per heavy atom. The molecule has 16 heavy (non-hydrogen) atoms. The summed E-state index contributed by atoms with van der Waals surface area (Å²) in [5.41, 5.74) is 7.34. The van der Waals surface area contributed by atoms with Gasteiger partial charge in [0.15, 0.2) is 0 Å². The lowest BCUT2D eigenvalue weighted by atomic mass is 10.2. The maximum atomic E-state index is 12.1. The zero-order valence-corrected chi connectivity index (χ0v) is 9.68. The van der Waals surface area contributed by atoms with Gasteiger partial charge in [0.05, 0.1) is 11.4 Å². The second-order valence-corrected chi connectivity index (χ2v) is 4.28. The Balaban J connectivity index is 2.25. The standard InChI is InChI=1S/C12H17N3O/c1-9(2)14-7-8-15(12(14)16)11-6-4-3-5-10(11)13/h3-6,9H,7-8,13H2,1-2H3. The van der Waals surface area contributed by atoms with E-state index in [0.717, 1.165) is 12.2 Å². The summed E-state index contributed by atoms with van der Waals surface area (Å²) in [6.45, 7) is 5.53. The number of benzene rings is 1. The predicted molar refractivity (Wildman–Crippen MR) is 65.4 cm³/mol. The molecule has 1 aromatic carbocycles. The van der Waals surface area contributed by atoms with E-state index >= 15 is 0 Å². The Hall–Kier alpha value is -1.71. The number of nitrogen functional groups attached to an aromatic ring is 1. The number of hydrogen-bond donors (Lipinski definition) is 1. The summed E-state index contributed by atoms with van der Waals surface area (Å²) in [5.74, 6) is 0. The largest absolute Gasteiger partial charge is 0.397 e.